The highest BCUT2D eigenvalue weighted by atomic mass is 16.5. The van der Waals surface area contributed by atoms with Gasteiger partial charge in [-0.05, 0) is 11.6 Å². The molecule has 0 saturated heterocycles. The number of hydrogen-bond acceptors (Lipinski definition) is 5. The number of ketones is 2. The number of anilines is 1. The zero-order valence-electron chi connectivity index (χ0n) is 17.3. The van der Waals surface area contributed by atoms with Crippen molar-refractivity contribution in [2.24, 2.45) is 0 Å². The van der Waals surface area contributed by atoms with E-state index >= 15 is 0 Å². The van der Waals surface area contributed by atoms with Gasteiger partial charge in [0.1, 0.15) is 6.04 Å². The van der Waals surface area contributed by atoms with Gasteiger partial charge in [-0.25, -0.2) is 9.59 Å². The Morgan fingerprint density at radius 2 is 1.44 bits per heavy atom. The Hall–Kier alpha value is -4.26. The number of urea groups is 1. The van der Waals surface area contributed by atoms with E-state index in [9.17, 15) is 19.2 Å². The SMILES string of the molecule is COC(=O)C(Cc1ccccc1)NC(=O)Nc1cccc2c1C(=O)c1ccccc1C2=O. The molecule has 0 radical (unpaired) electrons. The van der Waals surface area contributed by atoms with E-state index in [-0.39, 0.29) is 40.4 Å². The molecule has 0 aliphatic heterocycles. The lowest BCUT2D eigenvalue weighted by atomic mass is 9.83. The second-order valence-electron chi connectivity index (χ2n) is 7.30. The zero-order valence-corrected chi connectivity index (χ0v) is 17.3. The molecule has 0 heterocycles. The van der Waals surface area contributed by atoms with E-state index in [0.29, 0.717) is 5.56 Å². The molecule has 160 valence electrons. The third-order valence-electron chi connectivity index (χ3n) is 5.27. The van der Waals surface area contributed by atoms with Crippen LogP contribution in [0.4, 0.5) is 10.5 Å². The summed E-state index contributed by atoms with van der Waals surface area (Å²) in [5.41, 5.74) is 2.01. The maximum atomic E-state index is 13.1. The first kappa shape index (κ1) is 21.0. The summed E-state index contributed by atoms with van der Waals surface area (Å²) in [5, 5.41) is 5.21. The number of fused-ring (bicyclic) bond motifs is 2. The van der Waals surface area contributed by atoms with Crippen LogP contribution in [0.15, 0.2) is 72.8 Å². The zero-order chi connectivity index (χ0) is 22.7. The van der Waals surface area contributed by atoms with Crippen molar-refractivity contribution >= 4 is 29.3 Å². The van der Waals surface area contributed by atoms with Crippen LogP contribution in [-0.4, -0.2) is 36.7 Å². The van der Waals surface area contributed by atoms with Gasteiger partial charge in [0.25, 0.3) is 0 Å². The highest BCUT2D eigenvalue weighted by molar-refractivity contribution is 6.30. The van der Waals surface area contributed by atoms with Gasteiger partial charge < -0.3 is 15.4 Å². The normalized spacial score (nSPS) is 12.9. The summed E-state index contributed by atoms with van der Waals surface area (Å²) in [7, 11) is 1.25. The molecule has 3 aromatic rings. The molecule has 7 heteroatoms. The molecular formula is C25H20N2O5. The standard InChI is InChI=1S/C25H20N2O5/c1-32-24(30)20(14-15-8-3-2-4-9-15)27-25(31)26-19-13-7-12-18-21(19)23(29)17-11-6-5-10-16(17)22(18)28/h2-13,20H,14H2,1H3,(H2,26,27,31). The number of amides is 2. The van der Waals surface area contributed by atoms with Gasteiger partial charge in [-0.1, -0.05) is 66.7 Å². The molecule has 0 spiro atoms. The highest BCUT2D eigenvalue weighted by Gasteiger charge is 2.32. The van der Waals surface area contributed by atoms with E-state index in [1.807, 2.05) is 30.3 Å². The molecule has 32 heavy (non-hydrogen) atoms. The van der Waals surface area contributed by atoms with Gasteiger partial charge in [0.2, 0.25) is 0 Å². The van der Waals surface area contributed by atoms with Crippen molar-refractivity contribution in [1.82, 2.24) is 5.32 Å². The van der Waals surface area contributed by atoms with E-state index in [1.165, 1.54) is 7.11 Å². The summed E-state index contributed by atoms with van der Waals surface area (Å²) < 4.78 is 4.82. The predicted molar refractivity (Wildman–Crippen MR) is 118 cm³/mol. The van der Waals surface area contributed by atoms with Gasteiger partial charge in [-0.15, -0.1) is 0 Å². The highest BCUT2D eigenvalue weighted by Crippen LogP contribution is 2.31. The van der Waals surface area contributed by atoms with Crippen molar-refractivity contribution in [3.63, 3.8) is 0 Å². The topological polar surface area (TPSA) is 102 Å². The first-order valence-corrected chi connectivity index (χ1v) is 10.0. The molecule has 3 aromatic carbocycles. The lowest BCUT2D eigenvalue weighted by molar-refractivity contribution is -0.142. The summed E-state index contributed by atoms with van der Waals surface area (Å²) >= 11 is 0. The Morgan fingerprint density at radius 1 is 0.812 bits per heavy atom. The number of esters is 1. The molecule has 4 rings (SSSR count). The second kappa shape index (κ2) is 8.85. The third kappa shape index (κ3) is 4.00. The van der Waals surface area contributed by atoms with Crippen LogP contribution in [0.1, 0.15) is 37.4 Å². The minimum atomic E-state index is -0.931. The summed E-state index contributed by atoms with van der Waals surface area (Å²) in [5.74, 6) is -1.23. The Balaban J connectivity index is 1.58. The van der Waals surface area contributed by atoms with Gasteiger partial charge >= 0.3 is 12.0 Å². The van der Waals surface area contributed by atoms with Crippen LogP contribution in [0, 0.1) is 0 Å². The first-order chi connectivity index (χ1) is 15.5. The summed E-state index contributed by atoms with van der Waals surface area (Å²) in [4.78, 5) is 50.9. The van der Waals surface area contributed by atoms with Crippen LogP contribution in [-0.2, 0) is 16.0 Å². The second-order valence-corrected chi connectivity index (χ2v) is 7.30. The van der Waals surface area contributed by atoms with Crippen molar-refractivity contribution in [3.05, 3.63) is 101 Å². The van der Waals surface area contributed by atoms with E-state index < -0.39 is 18.0 Å². The lowest BCUT2D eigenvalue weighted by Crippen LogP contribution is -2.45. The van der Waals surface area contributed by atoms with Crippen molar-refractivity contribution < 1.29 is 23.9 Å². The number of carbonyl (C=O) groups excluding carboxylic acids is 4. The van der Waals surface area contributed by atoms with Gasteiger partial charge in [0, 0.05) is 23.1 Å². The molecule has 0 saturated carbocycles. The molecule has 0 bridgehead atoms. The number of ether oxygens (including phenoxy) is 1. The van der Waals surface area contributed by atoms with Crippen LogP contribution in [0.5, 0.6) is 0 Å². The summed E-state index contributed by atoms with van der Waals surface area (Å²) in [6, 6.07) is 18.8. The Kier molecular flexibility index (Phi) is 5.81. The fourth-order valence-corrected chi connectivity index (χ4v) is 3.75. The van der Waals surface area contributed by atoms with E-state index in [0.717, 1.165) is 5.56 Å². The smallest absolute Gasteiger partial charge is 0.328 e. The van der Waals surface area contributed by atoms with Crippen LogP contribution in [0.2, 0.25) is 0 Å². The number of nitrogens with one attached hydrogen (secondary N) is 2. The van der Waals surface area contributed by atoms with Crippen LogP contribution in [0.25, 0.3) is 0 Å². The van der Waals surface area contributed by atoms with Crippen molar-refractivity contribution in [2.45, 2.75) is 12.5 Å². The number of carbonyl (C=O) groups is 4. The van der Waals surface area contributed by atoms with Gasteiger partial charge in [-0.3, -0.25) is 9.59 Å². The van der Waals surface area contributed by atoms with E-state index in [2.05, 4.69) is 10.6 Å². The van der Waals surface area contributed by atoms with Gasteiger partial charge in [0.05, 0.1) is 18.4 Å². The van der Waals surface area contributed by atoms with Crippen molar-refractivity contribution in [2.75, 3.05) is 12.4 Å². The Morgan fingerprint density at radius 3 is 2.12 bits per heavy atom. The molecule has 1 unspecified atom stereocenters. The average molecular weight is 428 g/mol. The molecular weight excluding hydrogens is 408 g/mol. The fraction of sp³-hybridized carbons (Fsp3) is 0.120. The molecule has 7 nitrogen and oxygen atoms in total. The summed E-state index contributed by atoms with van der Waals surface area (Å²) in [6.07, 6.45) is 0.235. The maximum Gasteiger partial charge on any atom is 0.328 e. The molecule has 2 N–H and O–H groups in total. The van der Waals surface area contributed by atoms with Gasteiger partial charge in [-0.2, -0.15) is 0 Å². The molecule has 1 aliphatic carbocycles. The first-order valence-electron chi connectivity index (χ1n) is 10.0. The molecule has 2 amide bonds. The van der Waals surface area contributed by atoms with E-state index in [4.69, 9.17) is 4.74 Å². The lowest BCUT2D eigenvalue weighted by Gasteiger charge is -2.21. The van der Waals surface area contributed by atoms with Crippen LogP contribution < -0.4 is 10.6 Å². The number of methoxy groups -OCH3 is 1. The molecule has 0 aromatic heterocycles. The summed E-state index contributed by atoms with van der Waals surface area (Å²) in [6.45, 7) is 0. The quantitative estimate of drug-likeness (QED) is 0.475. The van der Waals surface area contributed by atoms with Gasteiger partial charge in [0.15, 0.2) is 11.6 Å². The third-order valence-corrected chi connectivity index (χ3v) is 5.27. The number of benzene rings is 3. The Bertz CT molecular complexity index is 1220. The number of rotatable bonds is 5. The molecule has 1 aliphatic rings. The largest absolute Gasteiger partial charge is 0.467 e. The van der Waals surface area contributed by atoms with E-state index in [1.54, 1.807) is 42.5 Å². The van der Waals surface area contributed by atoms with Crippen LogP contribution >= 0.6 is 0 Å². The monoisotopic (exact) mass is 428 g/mol. The molecule has 0 fully saturated rings. The molecule has 1 atom stereocenters. The maximum absolute atomic E-state index is 13.1. The minimum Gasteiger partial charge on any atom is -0.467 e. The minimum absolute atomic E-state index is 0.129. The number of hydrogen-bond donors (Lipinski definition) is 2. The Labute approximate surface area is 184 Å². The van der Waals surface area contributed by atoms with Crippen molar-refractivity contribution in [1.29, 1.82) is 0 Å². The predicted octanol–water partition coefficient (Wildman–Crippen LogP) is 3.37. The van der Waals surface area contributed by atoms with Crippen molar-refractivity contribution in [3.8, 4) is 0 Å². The fourth-order valence-electron chi connectivity index (χ4n) is 3.75. The average Bonchev–Trinajstić information content (AvgIpc) is 2.82. The van der Waals surface area contributed by atoms with Crippen LogP contribution in [0.3, 0.4) is 0 Å².